The van der Waals surface area contributed by atoms with Gasteiger partial charge in [0.15, 0.2) is 0 Å². The first-order valence-corrected chi connectivity index (χ1v) is 9.44. The van der Waals surface area contributed by atoms with Crippen molar-refractivity contribution in [2.75, 3.05) is 40.3 Å². The van der Waals surface area contributed by atoms with Gasteiger partial charge < -0.3 is 9.64 Å². The molecule has 136 valence electrons. The van der Waals surface area contributed by atoms with Gasteiger partial charge in [-0.2, -0.15) is 0 Å². The third-order valence-corrected chi connectivity index (χ3v) is 4.79. The molecule has 4 heteroatoms. The Kier molecular flexibility index (Phi) is 7.53. The number of benzene rings is 1. The molecule has 0 bridgehead atoms. The minimum absolute atomic E-state index is 0.198. The summed E-state index contributed by atoms with van der Waals surface area (Å²) < 4.78 is 6.00. The molecule has 0 N–H and O–H groups in total. The monoisotopic (exact) mass is 333 g/mol. The molecule has 1 fully saturated rings. The van der Waals surface area contributed by atoms with E-state index in [9.17, 15) is 0 Å². The number of hydrogen-bond donors (Lipinski definition) is 0. The summed E-state index contributed by atoms with van der Waals surface area (Å²) in [5.74, 6) is 0.960. The van der Waals surface area contributed by atoms with Crippen LogP contribution in [-0.2, 0) is 0 Å². The minimum Gasteiger partial charge on any atom is -0.489 e. The largest absolute Gasteiger partial charge is 0.489 e. The van der Waals surface area contributed by atoms with Gasteiger partial charge in [-0.25, -0.2) is 10.0 Å². The second-order valence-electron chi connectivity index (χ2n) is 7.21. The maximum absolute atomic E-state index is 6.00. The summed E-state index contributed by atoms with van der Waals surface area (Å²) >= 11 is 0. The zero-order valence-electron chi connectivity index (χ0n) is 16.2. The second kappa shape index (κ2) is 9.40. The Morgan fingerprint density at radius 3 is 2.21 bits per heavy atom. The Morgan fingerprint density at radius 2 is 1.67 bits per heavy atom. The van der Waals surface area contributed by atoms with Crippen LogP contribution in [0, 0.1) is 0 Å². The molecule has 0 saturated carbocycles. The smallest absolute Gasteiger partial charge is 0.119 e. The summed E-state index contributed by atoms with van der Waals surface area (Å²) in [6.45, 7) is 11.1. The summed E-state index contributed by atoms with van der Waals surface area (Å²) in [7, 11) is 4.15. The van der Waals surface area contributed by atoms with E-state index in [1.165, 1.54) is 37.9 Å². The molecule has 24 heavy (non-hydrogen) atoms. The Bertz CT molecular complexity index is 468. The molecule has 2 atom stereocenters. The van der Waals surface area contributed by atoms with E-state index in [4.69, 9.17) is 4.74 Å². The highest BCUT2D eigenvalue weighted by Gasteiger charge is 2.22. The van der Waals surface area contributed by atoms with Gasteiger partial charge in [-0.05, 0) is 58.5 Å². The minimum atomic E-state index is 0.198. The Balaban J connectivity index is 1.97. The maximum atomic E-state index is 6.00. The number of nitrogens with zero attached hydrogens (tertiary/aromatic N) is 3. The molecular formula is C20H35N3O. The lowest BCUT2D eigenvalue weighted by Gasteiger charge is -2.40. The summed E-state index contributed by atoms with van der Waals surface area (Å²) in [5.41, 5.74) is 1.36. The average Bonchev–Trinajstić information content (AvgIpc) is 2.56. The molecule has 0 amide bonds. The Morgan fingerprint density at radius 1 is 1.04 bits per heavy atom. The van der Waals surface area contributed by atoms with Crippen molar-refractivity contribution in [3.8, 4) is 5.75 Å². The molecule has 2 rings (SSSR count). The van der Waals surface area contributed by atoms with Gasteiger partial charge in [0, 0.05) is 32.2 Å². The number of likely N-dealkylation sites (N-methyl/N-ethyl adjacent to an activating group) is 1. The molecule has 2 unspecified atom stereocenters. The highest BCUT2D eigenvalue weighted by molar-refractivity contribution is 5.29. The molecule has 1 aliphatic rings. The quantitative estimate of drug-likeness (QED) is 0.720. The van der Waals surface area contributed by atoms with Crippen molar-refractivity contribution in [3.05, 3.63) is 29.8 Å². The van der Waals surface area contributed by atoms with Crippen LogP contribution in [-0.4, -0.2) is 61.3 Å². The van der Waals surface area contributed by atoms with E-state index < -0.39 is 0 Å². The van der Waals surface area contributed by atoms with Crippen LogP contribution in [0.5, 0.6) is 5.75 Å². The fourth-order valence-corrected chi connectivity index (χ4v) is 3.63. The average molecular weight is 334 g/mol. The van der Waals surface area contributed by atoms with Crippen molar-refractivity contribution in [1.29, 1.82) is 0 Å². The first-order valence-electron chi connectivity index (χ1n) is 9.44. The number of hydrogen-bond acceptors (Lipinski definition) is 4. The SMILES string of the molecule is CCN(C(C)c1ccc(OC(C)CN(C)C)cc1)N1CCCCC1. The van der Waals surface area contributed by atoms with Crippen LogP contribution in [0.4, 0.5) is 0 Å². The number of hydrazine groups is 1. The fourth-order valence-electron chi connectivity index (χ4n) is 3.63. The molecule has 0 aromatic heterocycles. The van der Waals surface area contributed by atoms with E-state index in [2.05, 4.69) is 74.0 Å². The number of rotatable bonds is 8. The predicted octanol–water partition coefficient (Wildman–Crippen LogP) is 3.80. The lowest BCUT2D eigenvalue weighted by atomic mass is 10.1. The van der Waals surface area contributed by atoms with Crippen molar-refractivity contribution in [3.63, 3.8) is 0 Å². The highest BCUT2D eigenvalue weighted by Crippen LogP contribution is 2.26. The molecule has 0 radical (unpaired) electrons. The first kappa shape index (κ1) is 19.2. The molecule has 4 nitrogen and oxygen atoms in total. The molecule has 1 aromatic rings. The van der Waals surface area contributed by atoms with E-state index in [1.54, 1.807) is 0 Å². The Hall–Kier alpha value is -1.10. The van der Waals surface area contributed by atoms with Crippen molar-refractivity contribution in [2.24, 2.45) is 0 Å². The zero-order chi connectivity index (χ0) is 17.5. The van der Waals surface area contributed by atoms with E-state index in [0.717, 1.165) is 18.8 Å². The summed E-state index contributed by atoms with van der Waals surface area (Å²) in [5, 5.41) is 5.06. The van der Waals surface area contributed by atoms with Crippen LogP contribution < -0.4 is 4.74 Å². The molecule has 1 aliphatic heterocycles. The van der Waals surface area contributed by atoms with Gasteiger partial charge in [0.2, 0.25) is 0 Å². The van der Waals surface area contributed by atoms with Crippen molar-refractivity contribution >= 4 is 0 Å². The maximum Gasteiger partial charge on any atom is 0.119 e. The molecule has 1 saturated heterocycles. The number of piperidine rings is 1. The van der Waals surface area contributed by atoms with Gasteiger partial charge in [-0.1, -0.05) is 25.5 Å². The van der Waals surface area contributed by atoms with Crippen LogP contribution in [0.2, 0.25) is 0 Å². The normalized spacial score (nSPS) is 18.8. The second-order valence-corrected chi connectivity index (χ2v) is 7.21. The van der Waals surface area contributed by atoms with Crippen LogP contribution in [0.15, 0.2) is 24.3 Å². The fraction of sp³-hybridized carbons (Fsp3) is 0.700. The predicted molar refractivity (Wildman–Crippen MR) is 101 cm³/mol. The van der Waals surface area contributed by atoms with Crippen molar-refractivity contribution in [1.82, 2.24) is 14.9 Å². The van der Waals surface area contributed by atoms with Gasteiger partial charge >= 0.3 is 0 Å². The topological polar surface area (TPSA) is 19.0 Å². The lowest BCUT2D eigenvalue weighted by Crippen LogP contribution is -2.46. The van der Waals surface area contributed by atoms with Gasteiger partial charge in [-0.3, -0.25) is 0 Å². The standard InChI is InChI=1S/C20H35N3O/c1-6-23(22-14-8-7-9-15-22)18(3)19-10-12-20(13-11-19)24-17(2)16-21(4)5/h10-13,17-18H,6-9,14-16H2,1-5H3. The van der Waals surface area contributed by atoms with Gasteiger partial charge in [0.05, 0.1) is 0 Å². The van der Waals surface area contributed by atoms with Crippen LogP contribution in [0.25, 0.3) is 0 Å². The van der Waals surface area contributed by atoms with E-state index in [1.807, 2.05) is 0 Å². The van der Waals surface area contributed by atoms with E-state index >= 15 is 0 Å². The molecule has 1 heterocycles. The third-order valence-electron chi connectivity index (χ3n) is 4.79. The van der Waals surface area contributed by atoms with Gasteiger partial charge in [-0.15, -0.1) is 0 Å². The summed E-state index contributed by atoms with van der Waals surface area (Å²) in [4.78, 5) is 2.15. The van der Waals surface area contributed by atoms with Crippen LogP contribution in [0.3, 0.4) is 0 Å². The van der Waals surface area contributed by atoms with Crippen LogP contribution in [0.1, 0.15) is 51.6 Å². The highest BCUT2D eigenvalue weighted by atomic mass is 16.5. The molecule has 0 spiro atoms. The first-order chi connectivity index (χ1) is 11.5. The van der Waals surface area contributed by atoms with E-state index in [0.29, 0.717) is 6.04 Å². The molecule has 1 aromatic carbocycles. The molecular weight excluding hydrogens is 298 g/mol. The Labute approximate surface area is 148 Å². The number of ether oxygens (including phenoxy) is 1. The van der Waals surface area contributed by atoms with Crippen molar-refractivity contribution < 1.29 is 4.74 Å². The van der Waals surface area contributed by atoms with E-state index in [-0.39, 0.29) is 6.10 Å². The third kappa shape index (κ3) is 5.47. The summed E-state index contributed by atoms with van der Waals surface area (Å²) in [6, 6.07) is 9.06. The van der Waals surface area contributed by atoms with Crippen molar-refractivity contribution in [2.45, 2.75) is 52.2 Å². The summed E-state index contributed by atoms with van der Waals surface area (Å²) in [6.07, 6.45) is 4.21. The van der Waals surface area contributed by atoms with Crippen LogP contribution >= 0.6 is 0 Å². The van der Waals surface area contributed by atoms with Gasteiger partial charge in [0.1, 0.15) is 11.9 Å². The zero-order valence-corrected chi connectivity index (χ0v) is 16.2. The lowest BCUT2D eigenvalue weighted by molar-refractivity contribution is -0.0653. The molecule has 0 aliphatic carbocycles. The van der Waals surface area contributed by atoms with Gasteiger partial charge in [0.25, 0.3) is 0 Å².